The standard InChI is InChI=1S/C19H22N2OS/c22-20-13-16-10-12-23-19(16)15-6-4-14(5-7-15)18-9-8-17-3-1-2-11-21(17)18/h4-7,10,12-13,17-18,22H,1-3,8-9,11H2/t17-,18-/m0/s1. The quantitative estimate of drug-likeness (QED) is 0.494. The molecule has 2 aliphatic heterocycles. The Morgan fingerprint density at radius 1 is 1.09 bits per heavy atom. The van der Waals surface area contributed by atoms with Crippen LogP contribution in [0.15, 0.2) is 40.9 Å². The molecule has 0 bridgehead atoms. The van der Waals surface area contributed by atoms with Crippen LogP contribution >= 0.6 is 11.3 Å². The molecule has 4 rings (SSSR count). The van der Waals surface area contributed by atoms with E-state index in [0.29, 0.717) is 6.04 Å². The summed E-state index contributed by atoms with van der Waals surface area (Å²) in [5, 5.41) is 14.0. The fraction of sp³-hybridized carbons (Fsp3) is 0.421. The Bertz CT molecular complexity index is 692. The first-order valence-corrected chi connectivity index (χ1v) is 9.36. The van der Waals surface area contributed by atoms with Crippen LogP contribution in [0.25, 0.3) is 10.4 Å². The molecule has 1 aromatic carbocycles. The molecule has 0 saturated carbocycles. The van der Waals surface area contributed by atoms with Gasteiger partial charge < -0.3 is 5.21 Å². The van der Waals surface area contributed by atoms with E-state index in [9.17, 15) is 0 Å². The van der Waals surface area contributed by atoms with Gasteiger partial charge in [0.05, 0.1) is 6.21 Å². The Morgan fingerprint density at radius 2 is 1.96 bits per heavy atom. The second-order valence-electron chi connectivity index (χ2n) is 6.55. The third kappa shape index (κ3) is 2.81. The monoisotopic (exact) mass is 326 g/mol. The predicted molar refractivity (Wildman–Crippen MR) is 95.5 cm³/mol. The third-order valence-corrected chi connectivity index (χ3v) is 6.28. The van der Waals surface area contributed by atoms with Gasteiger partial charge in [0.1, 0.15) is 0 Å². The predicted octanol–water partition coefficient (Wildman–Crippen LogP) is 4.91. The summed E-state index contributed by atoms with van der Waals surface area (Å²) in [6.45, 7) is 1.26. The molecule has 2 atom stereocenters. The number of rotatable bonds is 3. The van der Waals surface area contributed by atoms with Crippen LogP contribution in [-0.4, -0.2) is 28.9 Å². The van der Waals surface area contributed by atoms with Crippen LogP contribution in [0, 0.1) is 0 Å². The van der Waals surface area contributed by atoms with Crippen LogP contribution in [0.3, 0.4) is 0 Å². The van der Waals surface area contributed by atoms with Crippen LogP contribution in [0.5, 0.6) is 0 Å². The zero-order chi connectivity index (χ0) is 15.6. The van der Waals surface area contributed by atoms with Crippen molar-refractivity contribution in [1.29, 1.82) is 0 Å². The summed E-state index contributed by atoms with van der Waals surface area (Å²) in [4.78, 5) is 3.89. The molecule has 1 N–H and O–H groups in total. The Labute approximate surface area is 141 Å². The summed E-state index contributed by atoms with van der Waals surface area (Å²) in [5.41, 5.74) is 3.63. The summed E-state index contributed by atoms with van der Waals surface area (Å²) in [6.07, 6.45) is 8.30. The van der Waals surface area contributed by atoms with Gasteiger partial charge in [0, 0.05) is 22.5 Å². The van der Waals surface area contributed by atoms with E-state index >= 15 is 0 Å². The molecule has 0 spiro atoms. The molecule has 2 fully saturated rings. The number of nitrogens with zero attached hydrogens (tertiary/aromatic N) is 2. The van der Waals surface area contributed by atoms with Crippen molar-refractivity contribution in [3.8, 4) is 10.4 Å². The largest absolute Gasteiger partial charge is 0.411 e. The Balaban J connectivity index is 1.57. The number of oxime groups is 1. The minimum Gasteiger partial charge on any atom is -0.411 e. The lowest BCUT2D eigenvalue weighted by Gasteiger charge is -2.34. The smallest absolute Gasteiger partial charge is 0.0748 e. The van der Waals surface area contributed by atoms with E-state index < -0.39 is 0 Å². The molecule has 2 saturated heterocycles. The first kappa shape index (κ1) is 14.9. The van der Waals surface area contributed by atoms with Crippen molar-refractivity contribution in [2.75, 3.05) is 6.54 Å². The molecule has 120 valence electrons. The zero-order valence-electron chi connectivity index (χ0n) is 13.2. The van der Waals surface area contributed by atoms with Gasteiger partial charge in [-0.25, -0.2) is 0 Å². The molecule has 0 aliphatic carbocycles. The van der Waals surface area contributed by atoms with Crippen LogP contribution in [-0.2, 0) is 0 Å². The zero-order valence-corrected chi connectivity index (χ0v) is 14.0. The molecule has 0 amide bonds. The van der Waals surface area contributed by atoms with Gasteiger partial charge in [0.25, 0.3) is 0 Å². The molecule has 4 heteroatoms. The molecule has 2 aromatic rings. The molecule has 3 heterocycles. The maximum Gasteiger partial charge on any atom is 0.0748 e. The van der Waals surface area contributed by atoms with E-state index in [0.717, 1.165) is 16.5 Å². The van der Waals surface area contributed by atoms with Crippen LogP contribution in [0.1, 0.15) is 49.3 Å². The van der Waals surface area contributed by atoms with Gasteiger partial charge in [-0.15, -0.1) is 11.3 Å². The van der Waals surface area contributed by atoms with Gasteiger partial charge in [-0.1, -0.05) is 35.8 Å². The van der Waals surface area contributed by atoms with Gasteiger partial charge >= 0.3 is 0 Å². The summed E-state index contributed by atoms with van der Waals surface area (Å²) < 4.78 is 0. The average Bonchev–Trinajstić information content (AvgIpc) is 3.22. The first-order valence-electron chi connectivity index (χ1n) is 8.48. The summed E-state index contributed by atoms with van der Waals surface area (Å²) in [6, 6.07) is 12.4. The van der Waals surface area contributed by atoms with E-state index in [1.807, 2.05) is 11.4 Å². The van der Waals surface area contributed by atoms with E-state index in [4.69, 9.17) is 5.21 Å². The van der Waals surface area contributed by atoms with Crippen molar-refractivity contribution < 1.29 is 5.21 Å². The molecule has 0 unspecified atom stereocenters. The normalized spacial score (nSPS) is 25.0. The molecular formula is C19H22N2OS. The van der Waals surface area contributed by atoms with E-state index in [1.54, 1.807) is 11.3 Å². The minimum atomic E-state index is 0.608. The maximum absolute atomic E-state index is 8.78. The molecule has 1 aromatic heterocycles. The fourth-order valence-corrected chi connectivity index (χ4v) is 5.07. The van der Waals surface area contributed by atoms with Gasteiger partial charge in [0.2, 0.25) is 0 Å². The molecule has 0 radical (unpaired) electrons. The van der Waals surface area contributed by atoms with Crippen LogP contribution in [0.2, 0.25) is 0 Å². The molecular weight excluding hydrogens is 304 g/mol. The second kappa shape index (κ2) is 6.46. The van der Waals surface area contributed by atoms with Crippen molar-refractivity contribution in [2.24, 2.45) is 5.16 Å². The van der Waals surface area contributed by atoms with Gasteiger partial charge in [0.15, 0.2) is 0 Å². The Kier molecular flexibility index (Phi) is 4.19. The van der Waals surface area contributed by atoms with E-state index in [2.05, 4.69) is 34.3 Å². The Hall–Kier alpha value is -1.65. The minimum absolute atomic E-state index is 0.608. The van der Waals surface area contributed by atoms with Gasteiger partial charge in [-0.2, -0.15) is 0 Å². The summed E-state index contributed by atoms with van der Waals surface area (Å²) in [5.74, 6) is 0. The second-order valence-corrected chi connectivity index (χ2v) is 7.47. The lowest BCUT2D eigenvalue weighted by atomic mass is 10.0. The number of fused-ring (bicyclic) bond motifs is 1. The highest BCUT2D eigenvalue weighted by atomic mass is 32.1. The van der Waals surface area contributed by atoms with Crippen LogP contribution < -0.4 is 0 Å². The van der Waals surface area contributed by atoms with Crippen LogP contribution in [0.4, 0.5) is 0 Å². The van der Waals surface area contributed by atoms with E-state index in [1.165, 1.54) is 56.0 Å². The highest BCUT2D eigenvalue weighted by Crippen LogP contribution is 2.41. The highest BCUT2D eigenvalue weighted by molar-refractivity contribution is 7.14. The summed E-state index contributed by atoms with van der Waals surface area (Å²) in [7, 11) is 0. The number of hydrogen-bond acceptors (Lipinski definition) is 4. The van der Waals surface area contributed by atoms with Crippen molar-refractivity contribution >= 4 is 17.6 Å². The lowest BCUT2D eigenvalue weighted by molar-refractivity contribution is 0.150. The number of hydrogen-bond donors (Lipinski definition) is 1. The van der Waals surface area contributed by atoms with Crippen molar-refractivity contribution in [2.45, 2.75) is 44.2 Å². The van der Waals surface area contributed by atoms with Crippen molar-refractivity contribution in [1.82, 2.24) is 4.90 Å². The van der Waals surface area contributed by atoms with Gasteiger partial charge in [-0.3, -0.25) is 4.90 Å². The molecule has 3 nitrogen and oxygen atoms in total. The maximum atomic E-state index is 8.78. The average molecular weight is 326 g/mol. The van der Waals surface area contributed by atoms with Crippen molar-refractivity contribution in [3.05, 3.63) is 46.8 Å². The first-order chi connectivity index (χ1) is 11.4. The summed E-state index contributed by atoms with van der Waals surface area (Å²) >= 11 is 1.69. The van der Waals surface area contributed by atoms with Crippen molar-refractivity contribution in [3.63, 3.8) is 0 Å². The SMILES string of the molecule is ON=Cc1ccsc1-c1ccc([C@@H]2CC[C@@H]3CCCCN32)cc1. The third-order valence-electron chi connectivity index (χ3n) is 5.30. The molecule has 2 aliphatic rings. The van der Waals surface area contributed by atoms with Gasteiger partial charge in [-0.05, 0) is 54.8 Å². The lowest BCUT2D eigenvalue weighted by Crippen LogP contribution is -2.35. The fourth-order valence-electron chi connectivity index (χ4n) is 4.19. The Morgan fingerprint density at radius 3 is 2.78 bits per heavy atom. The topological polar surface area (TPSA) is 35.8 Å². The van der Waals surface area contributed by atoms with E-state index in [-0.39, 0.29) is 0 Å². The number of benzene rings is 1. The number of piperidine rings is 1. The molecule has 23 heavy (non-hydrogen) atoms. The number of thiophene rings is 1. The highest BCUT2D eigenvalue weighted by Gasteiger charge is 2.35.